The number of nitrogens with one attached hydrogen (secondary N) is 1. The Hall–Kier alpha value is -2.85. The molecule has 0 saturated heterocycles. The van der Waals surface area contributed by atoms with E-state index in [0.717, 1.165) is 42.5 Å². The summed E-state index contributed by atoms with van der Waals surface area (Å²) in [5, 5.41) is 4.09. The fourth-order valence-electron chi connectivity index (χ4n) is 3.07. The lowest BCUT2D eigenvalue weighted by molar-refractivity contribution is 0.415. The first-order chi connectivity index (χ1) is 13.8. The first-order valence-corrected chi connectivity index (χ1v) is 9.94. The Morgan fingerprint density at radius 3 is 1.82 bits per heavy atom. The van der Waals surface area contributed by atoms with E-state index in [1.165, 1.54) is 11.1 Å². The minimum atomic E-state index is 0.719. The molecule has 0 heterocycles. The van der Waals surface area contributed by atoms with Gasteiger partial charge in [-0.15, -0.1) is 0 Å². The third-order valence-corrected chi connectivity index (χ3v) is 5.02. The van der Waals surface area contributed by atoms with Crippen LogP contribution in [0.1, 0.15) is 11.1 Å². The van der Waals surface area contributed by atoms with Crippen molar-refractivity contribution in [3.05, 3.63) is 96.1 Å². The molecule has 0 amide bonds. The summed E-state index contributed by atoms with van der Waals surface area (Å²) in [6.45, 7) is 1.72. The van der Waals surface area contributed by atoms with E-state index in [1.807, 2.05) is 36.4 Å². The molecule has 3 nitrogen and oxygen atoms in total. The molecule has 0 saturated carbocycles. The van der Waals surface area contributed by atoms with E-state index in [2.05, 4.69) is 58.7 Å². The summed E-state index contributed by atoms with van der Waals surface area (Å²) >= 11 is 5.76. The van der Waals surface area contributed by atoms with Crippen LogP contribution >= 0.6 is 12.2 Å². The number of thiocarbonyl (C=S) groups is 1. The lowest BCUT2D eigenvalue weighted by Crippen LogP contribution is -2.37. The highest BCUT2D eigenvalue weighted by atomic mass is 32.1. The Labute approximate surface area is 173 Å². The van der Waals surface area contributed by atoms with E-state index in [9.17, 15) is 0 Å². The molecule has 0 fully saturated rings. The van der Waals surface area contributed by atoms with Gasteiger partial charge in [0.05, 0.1) is 12.8 Å². The molecule has 0 atom stereocenters. The molecule has 3 aromatic carbocycles. The van der Waals surface area contributed by atoms with Crippen LogP contribution in [0, 0.1) is 0 Å². The fourth-order valence-corrected chi connectivity index (χ4v) is 3.37. The van der Waals surface area contributed by atoms with Gasteiger partial charge >= 0.3 is 0 Å². The molecule has 3 aromatic rings. The summed E-state index contributed by atoms with van der Waals surface area (Å²) < 4.78 is 5.44. The van der Waals surface area contributed by atoms with Gasteiger partial charge in [0.15, 0.2) is 5.11 Å². The van der Waals surface area contributed by atoms with Crippen molar-refractivity contribution in [3.63, 3.8) is 0 Å². The van der Waals surface area contributed by atoms with E-state index in [1.54, 1.807) is 7.11 Å². The molecule has 0 radical (unpaired) electrons. The summed E-state index contributed by atoms with van der Waals surface area (Å²) in [6, 6.07) is 28.9. The van der Waals surface area contributed by atoms with Gasteiger partial charge in [-0.1, -0.05) is 72.8 Å². The molecule has 144 valence electrons. The van der Waals surface area contributed by atoms with Crippen LogP contribution in [0.3, 0.4) is 0 Å². The number of nitrogens with zero attached hydrogens (tertiary/aromatic N) is 1. The molecular formula is C24H26N2OS. The van der Waals surface area contributed by atoms with Gasteiger partial charge in [-0.05, 0) is 48.3 Å². The lowest BCUT2D eigenvalue weighted by Gasteiger charge is -2.26. The average Bonchev–Trinajstić information content (AvgIpc) is 2.75. The Balaban J connectivity index is 1.69. The number of ether oxygens (including phenoxy) is 1. The normalized spacial score (nSPS) is 10.3. The van der Waals surface area contributed by atoms with Crippen LogP contribution in [-0.2, 0) is 12.8 Å². The van der Waals surface area contributed by atoms with Crippen molar-refractivity contribution in [1.82, 2.24) is 4.90 Å². The van der Waals surface area contributed by atoms with Gasteiger partial charge in [-0.25, -0.2) is 0 Å². The maximum absolute atomic E-state index is 5.76. The molecule has 0 aromatic heterocycles. The molecule has 0 unspecified atom stereocenters. The minimum Gasteiger partial charge on any atom is -0.495 e. The number of hydrogen-bond donors (Lipinski definition) is 1. The molecule has 0 aliphatic carbocycles. The van der Waals surface area contributed by atoms with E-state index in [-0.39, 0.29) is 0 Å². The van der Waals surface area contributed by atoms with Crippen molar-refractivity contribution in [2.24, 2.45) is 0 Å². The monoisotopic (exact) mass is 390 g/mol. The highest BCUT2D eigenvalue weighted by Gasteiger charge is 2.12. The Morgan fingerprint density at radius 1 is 0.786 bits per heavy atom. The third kappa shape index (κ3) is 5.83. The predicted molar refractivity (Wildman–Crippen MR) is 121 cm³/mol. The molecule has 1 N–H and O–H groups in total. The molecule has 4 heteroatoms. The SMILES string of the molecule is COc1ccccc1NC(=S)N(CCc1ccccc1)CCc1ccccc1. The van der Waals surface area contributed by atoms with Gasteiger partial charge < -0.3 is 15.0 Å². The molecule has 0 spiro atoms. The van der Waals surface area contributed by atoms with E-state index in [0.29, 0.717) is 0 Å². The number of hydrogen-bond acceptors (Lipinski definition) is 2. The summed E-state index contributed by atoms with van der Waals surface area (Å²) in [5.74, 6) is 0.788. The highest BCUT2D eigenvalue weighted by molar-refractivity contribution is 7.80. The Bertz CT molecular complexity index is 825. The minimum absolute atomic E-state index is 0.719. The number of methoxy groups -OCH3 is 1. The van der Waals surface area contributed by atoms with Crippen LogP contribution in [0.15, 0.2) is 84.9 Å². The summed E-state index contributed by atoms with van der Waals surface area (Å²) in [7, 11) is 1.67. The lowest BCUT2D eigenvalue weighted by atomic mass is 10.1. The second-order valence-electron chi connectivity index (χ2n) is 6.59. The van der Waals surface area contributed by atoms with Crippen molar-refractivity contribution in [3.8, 4) is 5.75 Å². The van der Waals surface area contributed by atoms with Crippen molar-refractivity contribution in [2.75, 3.05) is 25.5 Å². The third-order valence-electron chi connectivity index (χ3n) is 4.66. The zero-order valence-corrected chi connectivity index (χ0v) is 17.0. The van der Waals surface area contributed by atoms with E-state index in [4.69, 9.17) is 17.0 Å². The number of benzene rings is 3. The average molecular weight is 391 g/mol. The van der Waals surface area contributed by atoms with Crippen molar-refractivity contribution in [1.29, 1.82) is 0 Å². The summed E-state index contributed by atoms with van der Waals surface area (Å²) in [6.07, 6.45) is 1.90. The van der Waals surface area contributed by atoms with Crippen LogP contribution in [0.4, 0.5) is 5.69 Å². The zero-order valence-electron chi connectivity index (χ0n) is 16.2. The molecule has 0 bridgehead atoms. The van der Waals surface area contributed by atoms with Crippen LogP contribution < -0.4 is 10.1 Å². The van der Waals surface area contributed by atoms with Crippen LogP contribution in [0.2, 0.25) is 0 Å². The number of anilines is 1. The fraction of sp³-hybridized carbons (Fsp3) is 0.208. The van der Waals surface area contributed by atoms with Crippen molar-refractivity contribution >= 4 is 23.0 Å². The second-order valence-corrected chi connectivity index (χ2v) is 6.98. The van der Waals surface area contributed by atoms with E-state index < -0.39 is 0 Å². The molecule has 0 aliphatic heterocycles. The maximum atomic E-state index is 5.76. The molecular weight excluding hydrogens is 364 g/mol. The number of rotatable bonds is 8. The van der Waals surface area contributed by atoms with Crippen LogP contribution in [-0.4, -0.2) is 30.2 Å². The standard InChI is InChI=1S/C24H26N2OS/c1-27-23-15-9-8-14-22(23)25-24(28)26(18-16-20-10-4-2-5-11-20)19-17-21-12-6-3-7-13-21/h2-15H,16-19H2,1H3,(H,25,28). The zero-order chi connectivity index (χ0) is 19.6. The van der Waals surface area contributed by atoms with Gasteiger partial charge in [0.1, 0.15) is 5.75 Å². The smallest absolute Gasteiger partial charge is 0.173 e. The summed E-state index contributed by atoms with van der Waals surface area (Å²) in [4.78, 5) is 2.24. The molecule has 0 aliphatic rings. The Kier molecular flexibility index (Phi) is 7.44. The van der Waals surface area contributed by atoms with Crippen LogP contribution in [0.5, 0.6) is 5.75 Å². The van der Waals surface area contributed by atoms with Gasteiger partial charge in [-0.3, -0.25) is 0 Å². The maximum Gasteiger partial charge on any atom is 0.173 e. The predicted octanol–water partition coefficient (Wildman–Crippen LogP) is 5.18. The van der Waals surface area contributed by atoms with Gasteiger partial charge in [0.25, 0.3) is 0 Å². The Morgan fingerprint density at radius 2 is 1.29 bits per heavy atom. The topological polar surface area (TPSA) is 24.5 Å². The quantitative estimate of drug-likeness (QED) is 0.536. The first kappa shape index (κ1) is 19.9. The number of para-hydroxylation sites is 2. The van der Waals surface area contributed by atoms with Crippen molar-refractivity contribution < 1.29 is 4.74 Å². The van der Waals surface area contributed by atoms with Gasteiger partial charge in [0, 0.05) is 13.1 Å². The van der Waals surface area contributed by atoms with Gasteiger partial charge in [0.2, 0.25) is 0 Å². The van der Waals surface area contributed by atoms with Crippen molar-refractivity contribution in [2.45, 2.75) is 12.8 Å². The molecule has 28 heavy (non-hydrogen) atoms. The largest absolute Gasteiger partial charge is 0.495 e. The summed E-state index contributed by atoms with van der Waals surface area (Å²) in [5.41, 5.74) is 3.51. The first-order valence-electron chi connectivity index (χ1n) is 9.53. The van der Waals surface area contributed by atoms with Crippen LogP contribution in [0.25, 0.3) is 0 Å². The molecule has 3 rings (SSSR count). The second kappa shape index (κ2) is 10.5. The highest BCUT2D eigenvalue weighted by Crippen LogP contribution is 2.23. The van der Waals surface area contributed by atoms with E-state index >= 15 is 0 Å². The van der Waals surface area contributed by atoms with Gasteiger partial charge in [-0.2, -0.15) is 0 Å².